The molecule has 1 aromatic heterocycles. The van der Waals surface area contributed by atoms with Crippen LogP contribution in [0.15, 0.2) is 30.1 Å². The lowest BCUT2D eigenvalue weighted by Crippen LogP contribution is -1.99. The Kier molecular flexibility index (Phi) is 4.62. The van der Waals surface area contributed by atoms with Crippen molar-refractivity contribution >= 4 is 19.0 Å². The van der Waals surface area contributed by atoms with Gasteiger partial charge in [-0.15, -0.1) is 8.19 Å². The largest absolute Gasteiger partial charge is 0.135 e. The van der Waals surface area contributed by atoms with E-state index in [0.717, 1.165) is 14.1 Å². The Balaban J connectivity index is 1.81. The van der Waals surface area contributed by atoms with Crippen molar-refractivity contribution in [3.05, 3.63) is 35.4 Å². The summed E-state index contributed by atoms with van der Waals surface area (Å²) in [5, 5.41) is 4.84. The smallest absolute Gasteiger partial charge is 0.0109 e. The van der Waals surface area contributed by atoms with Crippen LogP contribution >= 0.6 is 8.19 Å². The molecule has 1 aliphatic rings. The monoisotopic (exact) mass is 272 g/mol. The minimum absolute atomic E-state index is 0.872. The summed E-state index contributed by atoms with van der Waals surface area (Å²) in [6.07, 6.45) is 13.1. The van der Waals surface area contributed by atoms with Gasteiger partial charge in [0.2, 0.25) is 0 Å². The second-order valence-corrected chi connectivity index (χ2v) is 7.15. The van der Waals surface area contributed by atoms with Crippen molar-refractivity contribution in [3.63, 3.8) is 0 Å². The lowest BCUT2D eigenvalue weighted by molar-refractivity contribution is 0.467. The Hall–Kier alpha value is -0.740. The second-order valence-electron chi connectivity index (χ2n) is 6.04. The first-order valence-corrected chi connectivity index (χ1v) is 9.09. The van der Waals surface area contributed by atoms with Crippen LogP contribution in [0, 0.1) is 0 Å². The SMILES string of the molecule is c1ccc2c(C3CCCCCCCCC3)[pH]cc2c1. The molecule has 19 heavy (non-hydrogen) atoms. The zero-order valence-corrected chi connectivity index (χ0v) is 12.8. The van der Waals surface area contributed by atoms with E-state index in [1.165, 1.54) is 63.2 Å². The van der Waals surface area contributed by atoms with Gasteiger partial charge in [-0.2, -0.15) is 0 Å². The predicted octanol–water partition coefficient (Wildman–Crippen LogP) is 6.48. The van der Waals surface area contributed by atoms with E-state index in [1.54, 1.807) is 10.7 Å². The summed E-state index contributed by atoms with van der Waals surface area (Å²) in [5.41, 5.74) is 0. The van der Waals surface area contributed by atoms with Crippen molar-refractivity contribution in [3.8, 4) is 0 Å². The lowest BCUT2D eigenvalue weighted by atomic mass is 9.90. The average molecular weight is 272 g/mol. The van der Waals surface area contributed by atoms with Crippen LogP contribution in [0.5, 0.6) is 0 Å². The molecule has 0 amide bonds. The molecular weight excluding hydrogens is 247 g/mol. The maximum atomic E-state index is 2.46. The summed E-state index contributed by atoms with van der Waals surface area (Å²) >= 11 is 0. The molecule has 1 unspecified atom stereocenters. The zero-order chi connectivity index (χ0) is 12.9. The Morgan fingerprint density at radius 1 is 0.789 bits per heavy atom. The molecule has 0 spiro atoms. The van der Waals surface area contributed by atoms with Crippen molar-refractivity contribution in [1.82, 2.24) is 0 Å². The van der Waals surface area contributed by atoms with Crippen molar-refractivity contribution in [1.29, 1.82) is 0 Å². The topological polar surface area (TPSA) is 0 Å². The highest BCUT2D eigenvalue weighted by Crippen LogP contribution is 2.40. The Morgan fingerprint density at radius 2 is 1.42 bits per heavy atom. The molecule has 1 fully saturated rings. The maximum absolute atomic E-state index is 2.46. The van der Waals surface area contributed by atoms with Gasteiger partial charge in [0, 0.05) is 0 Å². The molecule has 2 aromatic rings. The van der Waals surface area contributed by atoms with Gasteiger partial charge in [-0.25, -0.2) is 0 Å². The van der Waals surface area contributed by atoms with Crippen molar-refractivity contribution < 1.29 is 0 Å². The minimum Gasteiger partial charge on any atom is -0.135 e. The minimum atomic E-state index is 0.872. The van der Waals surface area contributed by atoms with Gasteiger partial charge in [0.1, 0.15) is 0 Å². The van der Waals surface area contributed by atoms with Gasteiger partial charge >= 0.3 is 0 Å². The number of hydrogen-bond acceptors (Lipinski definition) is 0. The van der Waals surface area contributed by atoms with Crippen LogP contribution in [0.2, 0.25) is 0 Å². The Labute approximate surface area is 118 Å². The molecule has 1 heteroatoms. The highest BCUT2D eigenvalue weighted by atomic mass is 31.0. The van der Waals surface area contributed by atoms with E-state index < -0.39 is 0 Å². The average Bonchev–Trinajstić information content (AvgIpc) is 2.88. The van der Waals surface area contributed by atoms with Crippen LogP contribution < -0.4 is 0 Å². The fourth-order valence-corrected chi connectivity index (χ4v) is 5.01. The van der Waals surface area contributed by atoms with Crippen LogP contribution in [0.3, 0.4) is 0 Å². The molecule has 1 atom stereocenters. The molecule has 0 bridgehead atoms. The van der Waals surface area contributed by atoms with Gasteiger partial charge in [-0.1, -0.05) is 69.2 Å². The third-order valence-corrected chi connectivity index (χ3v) is 6.09. The molecule has 0 radical (unpaired) electrons. The lowest BCUT2D eigenvalue weighted by Gasteiger charge is -2.18. The number of rotatable bonds is 1. The molecule has 0 aliphatic heterocycles. The third-order valence-electron chi connectivity index (χ3n) is 4.65. The molecule has 1 aliphatic carbocycles. The summed E-state index contributed by atoms with van der Waals surface area (Å²) in [6.45, 7) is 0. The van der Waals surface area contributed by atoms with E-state index in [0.29, 0.717) is 0 Å². The zero-order valence-electron chi connectivity index (χ0n) is 11.8. The summed E-state index contributed by atoms with van der Waals surface area (Å²) in [4.78, 5) is 0. The molecule has 1 saturated carbocycles. The van der Waals surface area contributed by atoms with E-state index in [1.807, 2.05) is 0 Å². The Morgan fingerprint density at radius 3 is 2.16 bits per heavy atom. The standard InChI is InChI=1S/C18H25P/c1-2-4-6-10-15(11-7-5-3-1)18-17-13-9-8-12-16(17)14-19-18/h8-9,12-15,19H,1-7,10-11H2. The highest BCUT2D eigenvalue weighted by Gasteiger charge is 2.15. The van der Waals surface area contributed by atoms with Crippen molar-refractivity contribution in [2.45, 2.75) is 63.7 Å². The van der Waals surface area contributed by atoms with Gasteiger partial charge in [0.15, 0.2) is 0 Å². The molecule has 3 rings (SSSR count). The number of hydrogen-bond donors (Lipinski definition) is 0. The van der Waals surface area contributed by atoms with Crippen LogP contribution in [0.1, 0.15) is 69.0 Å². The Bertz CT molecular complexity index is 501. The summed E-state index contributed by atoms with van der Waals surface area (Å²) in [7, 11) is 0.951. The van der Waals surface area contributed by atoms with E-state index in [4.69, 9.17) is 0 Å². The molecule has 0 N–H and O–H groups in total. The summed E-state index contributed by atoms with van der Waals surface area (Å²) < 4.78 is 0. The van der Waals surface area contributed by atoms with E-state index >= 15 is 0 Å². The summed E-state index contributed by atoms with van der Waals surface area (Å²) in [5.74, 6) is 3.33. The van der Waals surface area contributed by atoms with Crippen molar-refractivity contribution in [2.24, 2.45) is 0 Å². The van der Waals surface area contributed by atoms with Crippen LogP contribution in [0.25, 0.3) is 10.8 Å². The molecular formula is C18H25P. The molecule has 102 valence electrons. The highest BCUT2D eigenvalue weighted by molar-refractivity contribution is 7.31. The third kappa shape index (κ3) is 3.23. The van der Waals surface area contributed by atoms with Gasteiger partial charge < -0.3 is 0 Å². The number of fused-ring (bicyclic) bond motifs is 1. The first kappa shape index (κ1) is 13.3. The van der Waals surface area contributed by atoms with E-state index in [2.05, 4.69) is 30.1 Å². The summed E-state index contributed by atoms with van der Waals surface area (Å²) in [6, 6.07) is 9.02. The molecule has 1 heterocycles. The number of benzene rings is 1. The molecule has 0 nitrogen and oxygen atoms in total. The predicted molar refractivity (Wildman–Crippen MR) is 87.7 cm³/mol. The van der Waals surface area contributed by atoms with Crippen LogP contribution in [-0.2, 0) is 0 Å². The van der Waals surface area contributed by atoms with Gasteiger partial charge in [0.05, 0.1) is 0 Å². The molecule has 1 aromatic carbocycles. The second kappa shape index (κ2) is 6.62. The quantitative estimate of drug-likeness (QED) is 0.557. The van der Waals surface area contributed by atoms with Crippen molar-refractivity contribution in [2.75, 3.05) is 0 Å². The van der Waals surface area contributed by atoms with Gasteiger partial charge in [0.25, 0.3) is 0 Å². The maximum Gasteiger partial charge on any atom is -0.0109 e. The van der Waals surface area contributed by atoms with E-state index in [9.17, 15) is 0 Å². The first-order chi connectivity index (χ1) is 9.45. The van der Waals surface area contributed by atoms with Crippen LogP contribution in [-0.4, -0.2) is 0 Å². The van der Waals surface area contributed by atoms with Crippen LogP contribution in [0.4, 0.5) is 0 Å². The van der Waals surface area contributed by atoms with Gasteiger partial charge in [-0.05, 0) is 40.6 Å². The fourth-order valence-electron chi connectivity index (χ4n) is 3.54. The fraction of sp³-hybridized carbons (Fsp3) is 0.556. The van der Waals surface area contributed by atoms with Gasteiger partial charge in [-0.3, -0.25) is 0 Å². The molecule has 0 saturated heterocycles. The first-order valence-electron chi connectivity index (χ1n) is 8.01. The van der Waals surface area contributed by atoms with E-state index in [-0.39, 0.29) is 0 Å². The normalized spacial score (nSPS) is 20.0.